The molecular weight excluding hydrogens is 331 g/mol. The van der Waals surface area contributed by atoms with E-state index in [1.54, 1.807) is 0 Å². The van der Waals surface area contributed by atoms with E-state index in [1.165, 1.54) is 16.4 Å². The van der Waals surface area contributed by atoms with Crippen molar-refractivity contribution in [3.8, 4) is 11.8 Å². The molecule has 1 aliphatic rings. The van der Waals surface area contributed by atoms with Crippen molar-refractivity contribution in [1.82, 2.24) is 4.31 Å². The molecular formula is C14H16Cl2N2O2S. The molecule has 1 aromatic rings. The Kier molecular flexibility index (Phi) is 5.18. The second-order valence-corrected chi connectivity index (χ2v) is 7.52. The third-order valence-electron chi connectivity index (χ3n) is 3.39. The van der Waals surface area contributed by atoms with Crippen LogP contribution in [0, 0.1) is 11.8 Å². The molecule has 7 heteroatoms. The maximum absolute atomic E-state index is 12.7. The number of halogens is 2. The topological polar surface area (TPSA) is 63.4 Å². The molecule has 0 amide bonds. The van der Waals surface area contributed by atoms with E-state index in [4.69, 9.17) is 28.9 Å². The van der Waals surface area contributed by atoms with Gasteiger partial charge < -0.3 is 5.73 Å². The van der Waals surface area contributed by atoms with E-state index < -0.39 is 10.0 Å². The summed E-state index contributed by atoms with van der Waals surface area (Å²) in [4.78, 5) is -0.0436. The van der Waals surface area contributed by atoms with E-state index >= 15 is 0 Å². The Morgan fingerprint density at radius 1 is 1.38 bits per heavy atom. The van der Waals surface area contributed by atoms with E-state index in [9.17, 15) is 8.42 Å². The van der Waals surface area contributed by atoms with Gasteiger partial charge in [0, 0.05) is 18.2 Å². The fourth-order valence-electron chi connectivity index (χ4n) is 2.41. The first-order chi connectivity index (χ1) is 9.87. The average molecular weight is 347 g/mol. The summed E-state index contributed by atoms with van der Waals surface area (Å²) in [6.45, 7) is 2.58. The molecule has 1 atom stereocenters. The minimum atomic E-state index is -3.69. The average Bonchev–Trinajstić information content (AvgIpc) is 2.82. The van der Waals surface area contributed by atoms with Gasteiger partial charge in [-0.25, -0.2) is 8.42 Å². The zero-order valence-corrected chi connectivity index (χ0v) is 13.9. The molecule has 0 saturated carbocycles. The van der Waals surface area contributed by atoms with Gasteiger partial charge in [0.2, 0.25) is 10.0 Å². The van der Waals surface area contributed by atoms with Gasteiger partial charge in [0.15, 0.2) is 0 Å². The molecule has 0 spiro atoms. The SMILES string of the molecule is CC1CCCN1S(=O)(=O)c1c(Cl)cc(C#CCN)cc1Cl. The van der Waals surface area contributed by atoms with Gasteiger partial charge in [0.1, 0.15) is 4.90 Å². The second-order valence-electron chi connectivity index (χ2n) is 4.88. The molecule has 21 heavy (non-hydrogen) atoms. The number of benzene rings is 1. The Labute approximate surface area is 135 Å². The second kappa shape index (κ2) is 6.55. The van der Waals surface area contributed by atoms with Crippen LogP contribution < -0.4 is 5.73 Å². The normalized spacial score (nSPS) is 19.3. The molecule has 4 nitrogen and oxygen atoms in total. The highest BCUT2D eigenvalue weighted by molar-refractivity contribution is 7.89. The van der Waals surface area contributed by atoms with Crippen LogP contribution >= 0.6 is 23.2 Å². The fraction of sp³-hybridized carbons (Fsp3) is 0.429. The van der Waals surface area contributed by atoms with E-state index in [0.29, 0.717) is 12.1 Å². The van der Waals surface area contributed by atoms with Crippen molar-refractivity contribution in [3.05, 3.63) is 27.7 Å². The molecule has 1 unspecified atom stereocenters. The van der Waals surface area contributed by atoms with E-state index in [1.807, 2.05) is 6.92 Å². The predicted octanol–water partition coefficient (Wildman–Crippen LogP) is 2.48. The minimum Gasteiger partial charge on any atom is -0.320 e. The van der Waals surface area contributed by atoms with Gasteiger partial charge in [-0.05, 0) is 31.9 Å². The summed E-state index contributed by atoms with van der Waals surface area (Å²) in [7, 11) is -3.69. The smallest absolute Gasteiger partial charge is 0.246 e. The maximum atomic E-state index is 12.7. The summed E-state index contributed by atoms with van der Waals surface area (Å²) in [6, 6.07) is 2.96. The summed E-state index contributed by atoms with van der Waals surface area (Å²) in [6.07, 6.45) is 1.68. The number of nitrogens with two attached hydrogens (primary N) is 1. The van der Waals surface area contributed by atoms with Crippen LogP contribution in [0.3, 0.4) is 0 Å². The fourth-order valence-corrected chi connectivity index (χ4v) is 5.28. The highest BCUT2D eigenvalue weighted by Crippen LogP contribution is 2.35. The van der Waals surface area contributed by atoms with Crippen LogP contribution in [0.4, 0.5) is 0 Å². The lowest BCUT2D eigenvalue weighted by Crippen LogP contribution is -2.34. The molecule has 0 radical (unpaired) electrons. The third kappa shape index (κ3) is 3.36. The van der Waals surface area contributed by atoms with Crippen molar-refractivity contribution in [3.63, 3.8) is 0 Å². The van der Waals surface area contributed by atoms with Crippen molar-refractivity contribution in [2.24, 2.45) is 5.73 Å². The minimum absolute atomic E-state index is 0.0427. The van der Waals surface area contributed by atoms with Crippen LogP contribution in [-0.4, -0.2) is 31.9 Å². The number of hydrogen-bond acceptors (Lipinski definition) is 3. The number of nitrogens with zero attached hydrogens (tertiary/aromatic N) is 1. The summed E-state index contributed by atoms with van der Waals surface area (Å²) in [5.41, 5.74) is 5.85. The lowest BCUT2D eigenvalue weighted by molar-refractivity contribution is 0.408. The number of rotatable bonds is 2. The molecule has 2 rings (SSSR count). The Hall–Kier alpha value is -0.770. The van der Waals surface area contributed by atoms with Crippen LogP contribution in [0.25, 0.3) is 0 Å². The maximum Gasteiger partial charge on any atom is 0.246 e. The molecule has 0 aliphatic carbocycles. The molecule has 2 N–H and O–H groups in total. The van der Waals surface area contributed by atoms with Gasteiger partial charge in [-0.1, -0.05) is 35.0 Å². The van der Waals surface area contributed by atoms with Crippen LogP contribution in [0.15, 0.2) is 17.0 Å². The van der Waals surface area contributed by atoms with Gasteiger partial charge in [-0.2, -0.15) is 4.31 Å². The largest absolute Gasteiger partial charge is 0.320 e. The van der Waals surface area contributed by atoms with Gasteiger partial charge in [-0.3, -0.25) is 0 Å². The third-order valence-corrected chi connectivity index (χ3v) is 6.33. The Morgan fingerprint density at radius 2 is 2.00 bits per heavy atom. The zero-order valence-electron chi connectivity index (χ0n) is 11.6. The number of sulfonamides is 1. The lowest BCUT2D eigenvalue weighted by atomic mass is 10.2. The summed E-state index contributed by atoms with van der Waals surface area (Å²) < 4.78 is 26.9. The monoisotopic (exact) mass is 346 g/mol. The standard InChI is InChI=1S/C14H16Cl2N2O2S/c1-10-4-3-7-18(10)21(19,20)14-12(15)8-11(5-2-6-17)9-13(14)16/h8-10H,3-4,6-7,17H2,1H3. The van der Waals surface area contributed by atoms with Crippen LogP contribution in [0.2, 0.25) is 10.0 Å². The van der Waals surface area contributed by atoms with Crippen LogP contribution in [-0.2, 0) is 10.0 Å². The Bertz CT molecular complexity index is 684. The van der Waals surface area contributed by atoms with Gasteiger partial charge in [0.25, 0.3) is 0 Å². The number of hydrogen-bond donors (Lipinski definition) is 1. The molecule has 1 heterocycles. The summed E-state index contributed by atoms with van der Waals surface area (Å²) >= 11 is 12.3. The first-order valence-corrected chi connectivity index (χ1v) is 8.77. The van der Waals surface area contributed by atoms with Gasteiger partial charge >= 0.3 is 0 Å². The van der Waals surface area contributed by atoms with Crippen molar-refractivity contribution < 1.29 is 8.42 Å². The molecule has 0 bridgehead atoms. The lowest BCUT2D eigenvalue weighted by Gasteiger charge is -2.22. The summed E-state index contributed by atoms with van der Waals surface area (Å²) in [5, 5.41) is 0.172. The quantitative estimate of drug-likeness (QED) is 0.836. The van der Waals surface area contributed by atoms with E-state index in [0.717, 1.165) is 12.8 Å². The van der Waals surface area contributed by atoms with Crippen molar-refractivity contribution in [2.75, 3.05) is 13.1 Å². The Morgan fingerprint density at radius 3 is 2.48 bits per heavy atom. The summed E-state index contributed by atoms with van der Waals surface area (Å²) in [5.74, 6) is 5.47. The predicted molar refractivity (Wildman–Crippen MR) is 85.0 cm³/mol. The van der Waals surface area contributed by atoms with Crippen LogP contribution in [0.5, 0.6) is 0 Å². The van der Waals surface area contributed by atoms with E-state index in [-0.39, 0.29) is 27.5 Å². The molecule has 0 aromatic heterocycles. The van der Waals surface area contributed by atoms with Gasteiger partial charge in [-0.15, -0.1) is 0 Å². The molecule has 1 aliphatic heterocycles. The molecule has 1 saturated heterocycles. The van der Waals surface area contributed by atoms with Gasteiger partial charge in [0.05, 0.1) is 16.6 Å². The van der Waals surface area contributed by atoms with Crippen LogP contribution in [0.1, 0.15) is 25.3 Å². The van der Waals surface area contributed by atoms with E-state index in [2.05, 4.69) is 11.8 Å². The molecule has 114 valence electrons. The van der Waals surface area contributed by atoms with Crippen molar-refractivity contribution in [1.29, 1.82) is 0 Å². The van der Waals surface area contributed by atoms with Crippen molar-refractivity contribution >= 4 is 33.2 Å². The Balaban J connectivity index is 2.49. The first kappa shape index (κ1) is 16.6. The molecule has 1 fully saturated rings. The highest BCUT2D eigenvalue weighted by atomic mass is 35.5. The molecule has 1 aromatic carbocycles. The van der Waals surface area contributed by atoms with Crippen molar-refractivity contribution in [2.45, 2.75) is 30.7 Å². The highest BCUT2D eigenvalue weighted by Gasteiger charge is 2.35. The first-order valence-electron chi connectivity index (χ1n) is 6.57. The zero-order chi connectivity index (χ0) is 15.6.